The summed E-state index contributed by atoms with van der Waals surface area (Å²) in [6.45, 7) is 6.16. The summed E-state index contributed by atoms with van der Waals surface area (Å²) < 4.78 is 5.27. The van der Waals surface area contributed by atoms with E-state index in [2.05, 4.69) is 15.2 Å². The zero-order chi connectivity index (χ0) is 17.9. The molecule has 2 unspecified atom stereocenters. The Kier molecular flexibility index (Phi) is 5.83. The minimum absolute atomic E-state index is 0.221. The fourth-order valence-corrected chi connectivity index (χ4v) is 3.03. The zero-order valence-corrected chi connectivity index (χ0v) is 15.3. The molecule has 0 aliphatic heterocycles. The van der Waals surface area contributed by atoms with Gasteiger partial charge < -0.3 is 14.7 Å². The number of pyridine rings is 1. The third kappa shape index (κ3) is 5.46. The van der Waals surface area contributed by atoms with Crippen molar-refractivity contribution in [2.24, 2.45) is 0 Å². The van der Waals surface area contributed by atoms with E-state index in [4.69, 9.17) is 4.74 Å². The van der Waals surface area contributed by atoms with Crippen LogP contribution in [-0.2, 0) is 11.3 Å². The summed E-state index contributed by atoms with van der Waals surface area (Å²) in [6, 6.07) is 3.82. The number of carbonyl (C=O) groups excluding carboxylic acids is 1. The topological polar surface area (TPSA) is 74.7 Å². The molecule has 0 saturated heterocycles. The number of aliphatic hydroxyl groups excluding tert-OH is 1. The Labute approximate surface area is 144 Å². The van der Waals surface area contributed by atoms with Gasteiger partial charge in [0.1, 0.15) is 11.4 Å². The number of carbonyl (C=O) groups is 1. The molecule has 0 bridgehead atoms. The Morgan fingerprint density at radius 2 is 2.08 bits per heavy atom. The highest BCUT2D eigenvalue weighted by Gasteiger charge is 2.27. The highest BCUT2D eigenvalue weighted by Crippen LogP contribution is 2.36. The van der Waals surface area contributed by atoms with Gasteiger partial charge in [0.25, 0.3) is 0 Å². The number of anilines is 1. The summed E-state index contributed by atoms with van der Waals surface area (Å²) in [6.07, 6.45) is 1.86. The summed E-state index contributed by atoms with van der Waals surface area (Å²) in [5.41, 5.74) is 1.55. The van der Waals surface area contributed by atoms with Crippen molar-refractivity contribution in [2.45, 2.75) is 64.2 Å². The quantitative estimate of drug-likeness (QED) is 0.884. The molecule has 0 radical (unpaired) electrons. The van der Waals surface area contributed by atoms with Crippen LogP contribution in [0.2, 0.25) is 0 Å². The monoisotopic (exact) mass is 335 g/mol. The summed E-state index contributed by atoms with van der Waals surface area (Å²) >= 11 is 0. The molecule has 0 aromatic carbocycles. The smallest absolute Gasteiger partial charge is 0.413 e. The first-order valence-electron chi connectivity index (χ1n) is 8.46. The number of ether oxygens (including phenoxy) is 1. The lowest BCUT2D eigenvalue weighted by molar-refractivity contribution is 0.0635. The van der Waals surface area contributed by atoms with Gasteiger partial charge in [-0.3, -0.25) is 5.32 Å². The molecule has 24 heavy (non-hydrogen) atoms. The van der Waals surface area contributed by atoms with Gasteiger partial charge in [-0.1, -0.05) is 6.07 Å². The minimum Gasteiger partial charge on any atom is -0.444 e. The number of nitrogens with one attached hydrogen (secondary N) is 1. The van der Waals surface area contributed by atoms with E-state index < -0.39 is 11.7 Å². The van der Waals surface area contributed by atoms with Crippen molar-refractivity contribution in [3.63, 3.8) is 0 Å². The Bertz CT molecular complexity index is 581. The highest BCUT2D eigenvalue weighted by atomic mass is 16.6. The van der Waals surface area contributed by atoms with Gasteiger partial charge in [0.15, 0.2) is 0 Å². The van der Waals surface area contributed by atoms with Crippen molar-refractivity contribution < 1.29 is 14.6 Å². The Balaban J connectivity index is 2.18. The summed E-state index contributed by atoms with van der Waals surface area (Å²) in [7, 11) is 3.98. The van der Waals surface area contributed by atoms with E-state index in [-0.39, 0.29) is 6.10 Å². The highest BCUT2D eigenvalue weighted by molar-refractivity contribution is 5.83. The predicted octanol–water partition coefficient (Wildman–Crippen LogP) is 3.12. The van der Waals surface area contributed by atoms with Crippen molar-refractivity contribution in [1.29, 1.82) is 0 Å². The predicted molar refractivity (Wildman–Crippen MR) is 94.1 cm³/mol. The minimum atomic E-state index is -0.545. The maximum atomic E-state index is 11.9. The molecular formula is C18H29N3O3. The first-order valence-corrected chi connectivity index (χ1v) is 8.46. The molecule has 1 aliphatic rings. The van der Waals surface area contributed by atoms with Crippen molar-refractivity contribution in [3.8, 4) is 0 Å². The van der Waals surface area contributed by atoms with Gasteiger partial charge in [-0.05, 0) is 71.7 Å². The summed E-state index contributed by atoms with van der Waals surface area (Å²) in [5, 5.41) is 12.5. The number of hydrogen-bond acceptors (Lipinski definition) is 5. The van der Waals surface area contributed by atoms with Crippen LogP contribution in [-0.4, -0.2) is 46.9 Å². The van der Waals surface area contributed by atoms with Crippen LogP contribution < -0.4 is 5.32 Å². The van der Waals surface area contributed by atoms with E-state index in [9.17, 15) is 9.90 Å². The Morgan fingerprint density at radius 1 is 1.38 bits per heavy atom. The molecule has 1 amide bonds. The molecule has 1 aromatic heterocycles. The number of nitrogens with zero attached hydrogens (tertiary/aromatic N) is 2. The van der Waals surface area contributed by atoms with Crippen molar-refractivity contribution in [1.82, 2.24) is 9.88 Å². The van der Waals surface area contributed by atoms with E-state index in [1.165, 1.54) is 0 Å². The second-order valence-corrected chi connectivity index (χ2v) is 7.76. The van der Waals surface area contributed by atoms with E-state index in [0.29, 0.717) is 18.3 Å². The first kappa shape index (κ1) is 18.7. The molecule has 1 heterocycles. The van der Waals surface area contributed by atoms with E-state index in [0.717, 1.165) is 30.5 Å². The van der Waals surface area contributed by atoms with Crippen LogP contribution in [0.25, 0.3) is 0 Å². The van der Waals surface area contributed by atoms with Crippen molar-refractivity contribution in [3.05, 3.63) is 23.4 Å². The molecule has 1 fully saturated rings. The molecule has 6 heteroatoms. The molecule has 1 saturated carbocycles. The normalized spacial score (nSPS) is 21.1. The summed E-state index contributed by atoms with van der Waals surface area (Å²) in [4.78, 5) is 18.6. The van der Waals surface area contributed by atoms with E-state index in [1.54, 1.807) is 0 Å². The number of amides is 1. The number of aromatic nitrogens is 1. The number of hydrogen-bond donors (Lipinski definition) is 2. The van der Waals surface area contributed by atoms with Crippen LogP contribution >= 0.6 is 0 Å². The molecule has 2 N–H and O–H groups in total. The lowest BCUT2D eigenvalue weighted by Gasteiger charge is -2.21. The molecule has 2 atom stereocenters. The molecule has 6 nitrogen and oxygen atoms in total. The van der Waals surface area contributed by atoms with Crippen LogP contribution in [0.5, 0.6) is 0 Å². The first-order chi connectivity index (χ1) is 11.1. The van der Waals surface area contributed by atoms with Crippen LogP contribution in [0, 0.1) is 0 Å². The van der Waals surface area contributed by atoms with Crippen LogP contribution in [0.4, 0.5) is 10.6 Å². The van der Waals surface area contributed by atoms with Crippen molar-refractivity contribution >= 4 is 11.9 Å². The molecule has 0 spiro atoms. The van der Waals surface area contributed by atoms with Crippen LogP contribution in [0.15, 0.2) is 12.1 Å². The maximum absolute atomic E-state index is 11.9. The number of rotatable bonds is 4. The van der Waals surface area contributed by atoms with Gasteiger partial charge in [-0.2, -0.15) is 0 Å². The molecular weight excluding hydrogens is 306 g/mol. The van der Waals surface area contributed by atoms with Crippen LogP contribution in [0.1, 0.15) is 57.2 Å². The molecule has 134 valence electrons. The fraction of sp³-hybridized carbons (Fsp3) is 0.667. The lowest BCUT2D eigenvalue weighted by atomic mass is 9.95. The second kappa shape index (κ2) is 7.49. The standard InChI is InChI=1S/C18H29N3O3/c1-18(2,3)24-17(23)20-16-9-8-14(12-6-7-13(22)10-12)15(19-16)11-21(4)5/h8-9,12-13,22H,6-7,10-11H2,1-5H3,(H,19,20,23). The second-order valence-electron chi connectivity index (χ2n) is 7.76. The van der Waals surface area contributed by atoms with Gasteiger partial charge in [0.05, 0.1) is 11.8 Å². The average Bonchev–Trinajstić information content (AvgIpc) is 2.82. The van der Waals surface area contributed by atoms with Gasteiger partial charge in [-0.15, -0.1) is 0 Å². The third-order valence-corrected chi connectivity index (χ3v) is 3.95. The maximum Gasteiger partial charge on any atom is 0.413 e. The SMILES string of the molecule is CN(C)Cc1nc(NC(=O)OC(C)(C)C)ccc1C1CCC(O)C1. The van der Waals surface area contributed by atoms with Gasteiger partial charge in [0.2, 0.25) is 0 Å². The summed E-state index contributed by atoms with van der Waals surface area (Å²) in [5.74, 6) is 0.821. The van der Waals surface area contributed by atoms with Gasteiger partial charge in [-0.25, -0.2) is 9.78 Å². The molecule has 1 aliphatic carbocycles. The number of aliphatic hydroxyl groups is 1. The van der Waals surface area contributed by atoms with Crippen molar-refractivity contribution in [2.75, 3.05) is 19.4 Å². The lowest BCUT2D eigenvalue weighted by Crippen LogP contribution is -2.27. The van der Waals surface area contributed by atoms with Crippen LogP contribution in [0.3, 0.4) is 0 Å². The largest absolute Gasteiger partial charge is 0.444 e. The van der Waals surface area contributed by atoms with E-state index >= 15 is 0 Å². The van der Waals surface area contributed by atoms with Gasteiger partial charge >= 0.3 is 6.09 Å². The van der Waals surface area contributed by atoms with E-state index in [1.807, 2.05) is 47.0 Å². The third-order valence-electron chi connectivity index (χ3n) is 3.95. The zero-order valence-electron chi connectivity index (χ0n) is 15.3. The Hall–Kier alpha value is -1.66. The fourth-order valence-electron chi connectivity index (χ4n) is 3.03. The molecule has 1 aromatic rings. The average molecular weight is 335 g/mol. The van der Waals surface area contributed by atoms with Gasteiger partial charge in [0, 0.05) is 6.54 Å². The molecule has 2 rings (SSSR count). The Morgan fingerprint density at radius 3 is 2.62 bits per heavy atom.